The zero-order valence-corrected chi connectivity index (χ0v) is 13.1. The number of likely N-dealkylation sites (tertiary alicyclic amines) is 1. The van der Waals surface area contributed by atoms with Crippen LogP contribution in [0.5, 0.6) is 0 Å². The third-order valence-corrected chi connectivity index (χ3v) is 4.08. The standard InChI is InChI=1S/C17H26N2O2/c1-3-18(2)17(20)21-14-16-10-7-11-19(13-16)12-15-8-5-4-6-9-15/h4-6,8-9,16H,3,7,10-14H2,1-2H3. The Hall–Kier alpha value is -1.55. The first-order chi connectivity index (χ1) is 10.2. The Labute approximate surface area is 127 Å². The lowest BCUT2D eigenvalue weighted by Crippen LogP contribution is -2.38. The molecule has 1 saturated heterocycles. The molecule has 0 aliphatic carbocycles. The maximum atomic E-state index is 11.7. The summed E-state index contributed by atoms with van der Waals surface area (Å²) in [6.07, 6.45) is 2.12. The SMILES string of the molecule is CCN(C)C(=O)OCC1CCCN(Cc2ccccc2)C1. The fourth-order valence-electron chi connectivity index (χ4n) is 2.70. The lowest BCUT2D eigenvalue weighted by molar-refractivity contribution is 0.0692. The van der Waals surface area contributed by atoms with Crippen LogP contribution in [0.25, 0.3) is 0 Å². The van der Waals surface area contributed by atoms with Crippen molar-refractivity contribution in [3.63, 3.8) is 0 Å². The van der Waals surface area contributed by atoms with Crippen LogP contribution in [0, 0.1) is 5.92 Å². The van der Waals surface area contributed by atoms with Gasteiger partial charge in [-0.1, -0.05) is 30.3 Å². The topological polar surface area (TPSA) is 32.8 Å². The highest BCUT2D eigenvalue weighted by atomic mass is 16.6. The van der Waals surface area contributed by atoms with E-state index in [1.807, 2.05) is 13.0 Å². The smallest absolute Gasteiger partial charge is 0.409 e. The number of hydrogen-bond donors (Lipinski definition) is 0. The van der Waals surface area contributed by atoms with Gasteiger partial charge in [0.25, 0.3) is 0 Å². The lowest BCUT2D eigenvalue weighted by Gasteiger charge is -2.32. The Bertz CT molecular complexity index is 436. The number of rotatable bonds is 5. The van der Waals surface area contributed by atoms with Crippen LogP contribution in [0.2, 0.25) is 0 Å². The number of piperidine rings is 1. The molecule has 1 atom stereocenters. The van der Waals surface area contributed by atoms with Crippen LogP contribution >= 0.6 is 0 Å². The Balaban J connectivity index is 1.77. The predicted molar refractivity (Wildman–Crippen MR) is 84.1 cm³/mol. The van der Waals surface area contributed by atoms with E-state index in [1.165, 1.54) is 12.0 Å². The molecule has 0 N–H and O–H groups in total. The summed E-state index contributed by atoms with van der Waals surface area (Å²) in [5.41, 5.74) is 1.35. The molecule has 2 rings (SSSR count). The minimum atomic E-state index is -0.210. The second-order valence-electron chi connectivity index (χ2n) is 5.82. The van der Waals surface area contributed by atoms with Gasteiger partial charge in [0.15, 0.2) is 0 Å². The van der Waals surface area contributed by atoms with Gasteiger partial charge in [0.05, 0.1) is 6.61 Å². The van der Waals surface area contributed by atoms with Crippen molar-refractivity contribution < 1.29 is 9.53 Å². The van der Waals surface area contributed by atoms with Gasteiger partial charge in [-0.2, -0.15) is 0 Å². The molecule has 4 nitrogen and oxygen atoms in total. The van der Waals surface area contributed by atoms with Crippen molar-refractivity contribution >= 4 is 6.09 Å². The lowest BCUT2D eigenvalue weighted by atomic mass is 9.98. The molecule has 0 radical (unpaired) electrons. The second kappa shape index (κ2) is 8.03. The molecule has 1 aromatic rings. The van der Waals surface area contributed by atoms with Crippen molar-refractivity contribution in [3.05, 3.63) is 35.9 Å². The van der Waals surface area contributed by atoms with Crippen LogP contribution in [0.4, 0.5) is 4.79 Å². The first-order valence-corrected chi connectivity index (χ1v) is 7.83. The van der Waals surface area contributed by atoms with E-state index in [-0.39, 0.29) is 6.09 Å². The highest BCUT2D eigenvalue weighted by Crippen LogP contribution is 2.19. The van der Waals surface area contributed by atoms with Crippen LogP contribution in [-0.2, 0) is 11.3 Å². The Morgan fingerprint density at radius 2 is 2.14 bits per heavy atom. The van der Waals surface area contributed by atoms with Crippen LogP contribution < -0.4 is 0 Å². The maximum Gasteiger partial charge on any atom is 0.409 e. The van der Waals surface area contributed by atoms with Crippen molar-refractivity contribution in [2.24, 2.45) is 5.92 Å². The molecule has 1 fully saturated rings. The van der Waals surface area contributed by atoms with Crippen molar-refractivity contribution in [1.29, 1.82) is 0 Å². The van der Waals surface area contributed by atoms with Crippen LogP contribution in [0.1, 0.15) is 25.3 Å². The average Bonchev–Trinajstić information content (AvgIpc) is 2.53. The number of amides is 1. The predicted octanol–water partition coefficient (Wildman–Crippen LogP) is 2.99. The van der Waals surface area contributed by atoms with E-state index in [1.54, 1.807) is 11.9 Å². The van der Waals surface area contributed by atoms with E-state index >= 15 is 0 Å². The van der Waals surface area contributed by atoms with E-state index in [0.717, 1.165) is 26.1 Å². The number of carbonyl (C=O) groups excluding carboxylic acids is 1. The molecular weight excluding hydrogens is 264 g/mol. The van der Waals surface area contributed by atoms with Gasteiger partial charge >= 0.3 is 6.09 Å². The normalized spacial score (nSPS) is 19.2. The minimum Gasteiger partial charge on any atom is -0.449 e. The molecule has 1 unspecified atom stereocenters. The number of nitrogens with zero attached hydrogens (tertiary/aromatic N) is 2. The summed E-state index contributed by atoms with van der Waals surface area (Å²) in [4.78, 5) is 15.7. The number of benzene rings is 1. The van der Waals surface area contributed by atoms with Crippen LogP contribution in [-0.4, -0.2) is 49.2 Å². The summed E-state index contributed by atoms with van der Waals surface area (Å²) in [7, 11) is 1.77. The number of carbonyl (C=O) groups is 1. The molecule has 0 bridgehead atoms. The zero-order chi connectivity index (χ0) is 15.1. The molecule has 0 saturated carbocycles. The Morgan fingerprint density at radius 3 is 2.86 bits per heavy atom. The number of ether oxygens (including phenoxy) is 1. The molecule has 21 heavy (non-hydrogen) atoms. The average molecular weight is 290 g/mol. The number of hydrogen-bond acceptors (Lipinski definition) is 3. The maximum absolute atomic E-state index is 11.7. The van der Waals surface area contributed by atoms with Crippen LogP contribution in [0.3, 0.4) is 0 Å². The zero-order valence-electron chi connectivity index (χ0n) is 13.1. The third kappa shape index (κ3) is 5.05. The monoisotopic (exact) mass is 290 g/mol. The fraction of sp³-hybridized carbons (Fsp3) is 0.588. The van der Waals surface area contributed by atoms with Crippen LogP contribution in [0.15, 0.2) is 30.3 Å². The van der Waals surface area contributed by atoms with Crippen molar-refractivity contribution in [2.45, 2.75) is 26.3 Å². The molecule has 1 aliphatic heterocycles. The van der Waals surface area contributed by atoms with E-state index < -0.39 is 0 Å². The molecule has 1 amide bonds. The quantitative estimate of drug-likeness (QED) is 0.836. The largest absolute Gasteiger partial charge is 0.449 e. The van der Waals surface area contributed by atoms with Gasteiger partial charge < -0.3 is 9.64 Å². The van der Waals surface area contributed by atoms with Gasteiger partial charge in [-0.25, -0.2) is 4.79 Å². The van der Waals surface area contributed by atoms with Crippen molar-refractivity contribution in [2.75, 3.05) is 33.3 Å². The fourth-order valence-corrected chi connectivity index (χ4v) is 2.70. The van der Waals surface area contributed by atoms with Crippen molar-refractivity contribution in [1.82, 2.24) is 9.80 Å². The molecule has 0 spiro atoms. The van der Waals surface area contributed by atoms with E-state index in [2.05, 4.69) is 29.2 Å². The highest BCUT2D eigenvalue weighted by Gasteiger charge is 2.21. The minimum absolute atomic E-state index is 0.210. The van der Waals surface area contributed by atoms with Gasteiger partial charge in [0, 0.05) is 32.6 Å². The Morgan fingerprint density at radius 1 is 1.38 bits per heavy atom. The third-order valence-electron chi connectivity index (χ3n) is 4.08. The van der Waals surface area contributed by atoms with E-state index in [9.17, 15) is 4.79 Å². The molecule has 116 valence electrons. The highest BCUT2D eigenvalue weighted by molar-refractivity contribution is 5.67. The van der Waals surface area contributed by atoms with Gasteiger partial charge in [0.2, 0.25) is 0 Å². The first kappa shape index (κ1) is 15.8. The molecule has 1 aliphatic rings. The molecule has 1 heterocycles. The van der Waals surface area contributed by atoms with E-state index in [0.29, 0.717) is 19.1 Å². The summed E-state index contributed by atoms with van der Waals surface area (Å²) in [5, 5.41) is 0. The summed E-state index contributed by atoms with van der Waals surface area (Å²) in [5.74, 6) is 0.455. The molecule has 0 aromatic heterocycles. The molecule has 1 aromatic carbocycles. The van der Waals surface area contributed by atoms with Crippen molar-refractivity contribution in [3.8, 4) is 0 Å². The van der Waals surface area contributed by atoms with Gasteiger partial charge in [-0.05, 0) is 31.9 Å². The van der Waals surface area contributed by atoms with Gasteiger partial charge in [-0.3, -0.25) is 4.90 Å². The second-order valence-corrected chi connectivity index (χ2v) is 5.82. The summed E-state index contributed by atoms with van der Waals surface area (Å²) >= 11 is 0. The van der Waals surface area contributed by atoms with Gasteiger partial charge in [0.1, 0.15) is 0 Å². The van der Waals surface area contributed by atoms with Gasteiger partial charge in [-0.15, -0.1) is 0 Å². The molecular formula is C17H26N2O2. The van der Waals surface area contributed by atoms with E-state index in [4.69, 9.17) is 4.74 Å². The first-order valence-electron chi connectivity index (χ1n) is 7.83. The summed E-state index contributed by atoms with van der Waals surface area (Å²) < 4.78 is 5.39. The Kier molecular flexibility index (Phi) is 6.05. The summed E-state index contributed by atoms with van der Waals surface area (Å²) in [6, 6.07) is 10.5. The summed E-state index contributed by atoms with van der Waals surface area (Å²) in [6.45, 7) is 6.30. The molecule has 4 heteroatoms.